The Labute approximate surface area is 173 Å². The average Bonchev–Trinajstić information content (AvgIpc) is 3.00. The molecule has 0 saturated heterocycles. The number of pyridine rings is 1. The van der Waals surface area contributed by atoms with Gasteiger partial charge in [-0.05, 0) is 38.0 Å². The third-order valence-electron chi connectivity index (χ3n) is 5.13. The molecule has 2 aromatic carbocycles. The van der Waals surface area contributed by atoms with E-state index in [0.717, 1.165) is 38.2 Å². The fourth-order valence-corrected chi connectivity index (χ4v) is 4.50. The van der Waals surface area contributed by atoms with Crippen LogP contribution in [0.3, 0.4) is 0 Å². The predicted octanol–water partition coefficient (Wildman–Crippen LogP) is 6.01. The molecule has 0 aliphatic heterocycles. The number of carbonyl (C=O) groups is 1. The number of nitrogens with zero attached hydrogens (tertiary/aromatic N) is 2. The lowest BCUT2D eigenvalue weighted by Crippen LogP contribution is -2.15. The minimum atomic E-state index is -0.226. The van der Waals surface area contributed by atoms with Crippen LogP contribution in [0.25, 0.3) is 22.2 Å². The van der Waals surface area contributed by atoms with Crippen LogP contribution < -0.4 is 5.32 Å². The van der Waals surface area contributed by atoms with Crippen molar-refractivity contribution in [3.05, 3.63) is 81.7 Å². The number of nitriles is 1. The van der Waals surface area contributed by atoms with Gasteiger partial charge in [0.15, 0.2) is 0 Å². The minimum Gasteiger partial charge on any atom is -0.312 e. The summed E-state index contributed by atoms with van der Waals surface area (Å²) in [5.74, 6) is -0.226. The average molecular weight is 398 g/mol. The number of hydrogen-bond donors (Lipinski definition) is 1. The quantitative estimate of drug-likeness (QED) is 0.460. The summed E-state index contributed by atoms with van der Waals surface area (Å²) in [6.45, 7) is 5.78. The number of thiophene rings is 1. The molecule has 29 heavy (non-hydrogen) atoms. The van der Waals surface area contributed by atoms with Gasteiger partial charge in [0.1, 0.15) is 11.1 Å². The highest BCUT2D eigenvalue weighted by atomic mass is 32.1. The summed E-state index contributed by atoms with van der Waals surface area (Å²) in [5, 5.41) is 13.9. The maximum absolute atomic E-state index is 13.4. The fourth-order valence-electron chi connectivity index (χ4n) is 3.49. The van der Waals surface area contributed by atoms with Crippen molar-refractivity contribution in [1.82, 2.24) is 4.98 Å². The largest absolute Gasteiger partial charge is 0.312 e. The molecule has 0 bridgehead atoms. The zero-order valence-electron chi connectivity index (χ0n) is 16.4. The third kappa shape index (κ3) is 3.28. The first-order chi connectivity index (χ1) is 14.0. The minimum absolute atomic E-state index is 0.226. The van der Waals surface area contributed by atoms with Crippen LogP contribution in [-0.2, 0) is 0 Å². The fraction of sp³-hybridized carbons (Fsp3) is 0.125. The van der Waals surface area contributed by atoms with Crippen molar-refractivity contribution in [1.29, 1.82) is 5.26 Å². The highest BCUT2D eigenvalue weighted by Gasteiger charge is 2.21. The second-order valence-electron chi connectivity index (χ2n) is 6.90. The van der Waals surface area contributed by atoms with Crippen LogP contribution in [-0.4, -0.2) is 10.9 Å². The molecule has 1 amide bonds. The van der Waals surface area contributed by atoms with Gasteiger partial charge < -0.3 is 5.32 Å². The van der Waals surface area contributed by atoms with Crippen LogP contribution in [0.15, 0.2) is 54.6 Å². The lowest BCUT2D eigenvalue weighted by Gasteiger charge is -2.14. The highest BCUT2D eigenvalue weighted by Crippen LogP contribution is 2.34. The van der Waals surface area contributed by atoms with Crippen molar-refractivity contribution in [2.45, 2.75) is 20.8 Å². The standard InChI is InChI=1S/C24H19N3OS/c1-14-16(3)29-24(19(14)13-25)27-23(28)21-15(2)22(17-9-5-4-6-10-17)26-20-12-8-7-11-18(20)21/h4-12H,1-3H3,(H,27,28). The van der Waals surface area contributed by atoms with E-state index in [0.29, 0.717) is 16.1 Å². The number of carbonyl (C=O) groups excluding carboxylic acids is 1. The molecule has 142 valence electrons. The molecule has 4 rings (SSSR count). The number of amides is 1. The zero-order valence-corrected chi connectivity index (χ0v) is 17.2. The summed E-state index contributed by atoms with van der Waals surface area (Å²) in [4.78, 5) is 19.2. The van der Waals surface area contributed by atoms with Gasteiger partial charge in [0.05, 0.1) is 22.3 Å². The molecule has 0 aliphatic carbocycles. The van der Waals surface area contributed by atoms with Gasteiger partial charge in [-0.15, -0.1) is 11.3 Å². The Hall–Kier alpha value is -3.49. The van der Waals surface area contributed by atoms with Gasteiger partial charge in [0.2, 0.25) is 0 Å². The first-order valence-electron chi connectivity index (χ1n) is 9.27. The molecule has 4 nitrogen and oxygen atoms in total. The monoisotopic (exact) mass is 397 g/mol. The van der Waals surface area contributed by atoms with Crippen molar-refractivity contribution in [3.8, 4) is 17.3 Å². The van der Waals surface area contributed by atoms with Crippen LogP contribution in [0.4, 0.5) is 5.00 Å². The number of para-hydroxylation sites is 1. The Balaban J connectivity index is 1.89. The maximum atomic E-state index is 13.4. The van der Waals surface area contributed by atoms with E-state index in [1.165, 1.54) is 11.3 Å². The summed E-state index contributed by atoms with van der Waals surface area (Å²) < 4.78 is 0. The molecule has 4 aromatic rings. The molecule has 0 spiro atoms. The van der Waals surface area contributed by atoms with Crippen LogP contribution in [0.1, 0.15) is 31.9 Å². The maximum Gasteiger partial charge on any atom is 0.257 e. The normalized spacial score (nSPS) is 10.7. The third-order valence-corrected chi connectivity index (χ3v) is 6.26. The molecule has 0 saturated carbocycles. The Kier molecular flexibility index (Phi) is 4.87. The van der Waals surface area contributed by atoms with Gasteiger partial charge in [-0.3, -0.25) is 4.79 Å². The summed E-state index contributed by atoms with van der Waals surface area (Å²) in [5.41, 5.74) is 5.35. The molecule has 5 heteroatoms. The van der Waals surface area contributed by atoms with Gasteiger partial charge >= 0.3 is 0 Å². The molecule has 2 aromatic heterocycles. The summed E-state index contributed by atoms with van der Waals surface area (Å²) >= 11 is 1.43. The van der Waals surface area contributed by atoms with Crippen LogP contribution in [0.5, 0.6) is 0 Å². The SMILES string of the molecule is Cc1sc(NC(=O)c2c(C)c(-c3ccccc3)nc3ccccc23)c(C#N)c1C. The number of benzene rings is 2. The molecular weight excluding hydrogens is 378 g/mol. The first-order valence-corrected chi connectivity index (χ1v) is 10.1. The van der Waals surface area contributed by atoms with Gasteiger partial charge in [-0.25, -0.2) is 4.98 Å². The molecule has 0 fully saturated rings. The Morgan fingerprint density at radius 2 is 1.69 bits per heavy atom. The van der Waals surface area contributed by atoms with Crippen molar-refractivity contribution >= 4 is 33.1 Å². The summed E-state index contributed by atoms with van der Waals surface area (Å²) in [6, 6.07) is 19.7. The molecule has 0 radical (unpaired) electrons. The molecule has 1 N–H and O–H groups in total. The molecule has 2 heterocycles. The lowest BCUT2D eigenvalue weighted by molar-refractivity contribution is 0.102. The number of fused-ring (bicyclic) bond motifs is 1. The van der Waals surface area contributed by atoms with E-state index in [9.17, 15) is 10.1 Å². The van der Waals surface area contributed by atoms with Gasteiger partial charge in [0, 0.05) is 15.8 Å². The predicted molar refractivity (Wildman–Crippen MR) is 118 cm³/mol. The van der Waals surface area contributed by atoms with Crippen LogP contribution in [0, 0.1) is 32.1 Å². The van der Waals surface area contributed by atoms with E-state index in [1.54, 1.807) is 0 Å². The van der Waals surface area contributed by atoms with Crippen LogP contribution in [0.2, 0.25) is 0 Å². The molecule has 0 atom stereocenters. The Morgan fingerprint density at radius 3 is 2.41 bits per heavy atom. The topological polar surface area (TPSA) is 65.8 Å². The van der Waals surface area contributed by atoms with Crippen molar-refractivity contribution in [2.75, 3.05) is 5.32 Å². The highest BCUT2D eigenvalue weighted by molar-refractivity contribution is 7.16. The van der Waals surface area contributed by atoms with Crippen molar-refractivity contribution in [3.63, 3.8) is 0 Å². The van der Waals surface area contributed by atoms with Crippen molar-refractivity contribution < 1.29 is 4.79 Å². The van der Waals surface area contributed by atoms with E-state index in [2.05, 4.69) is 11.4 Å². The number of nitrogens with one attached hydrogen (secondary N) is 1. The van der Waals surface area contributed by atoms with E-state index < -0.39 is 0 Å². The van der Waals surface area contributed by atoms with E-state index in [1.807, 2.05) is 75.4 Å². The first kappa shape index (κ1) is 18.9. The molecular formula is C24H19N3OS. The lowest BCUT2D eigenvalue weighted by atomic mass is 9.97. The second-order valence-corrected chi connectivity index (χ2v) is 8.12. The zero-order chi connectivity index (χ0) is 20.5. The van der Waals surface area contributed by atoms with E-state index >= 15 is 0 Å². The van der Waals surface area contributed by atoms with E-state index in [4.69, 9.17) is 4.98 Å². The smallest absolute Gasteiger partial charge is 0.257 e. The van der Waals surface area contributed by atoms with Crippen LogP contribution >= 0.6 is 11.3 Å². The van der Waals surface area contributed by atoms with Gasteiger partial charge in [0.25, 0.3) is 5.91 Å². The summed E-state index contributed by atoms with van der Waals surface area (Å²) in [7, 11) is 0. The van der Waals surface area contributed by atoms with Gasteiger partial charge in [-0.1, -0.05) is 48.5 Å². The summed E-state index contributed by atoms with van der Waals surface area (Å²) in [6.07, 6.45) is 0. The number of anilines is 1. The number of rotatable bonds is 3. The second kappa shape index (κ2) is 7.50. The molecule has 0 unspecified atom stereocenters. The van der Waals surface area contributed by atoms with E-state index in [-0.39, 0.29) is 5.91 Å². The number of aryl methyl sites for hydroxylation is 1. The van der Waals surface area contributed by atoms with Crippen molar-refractivity contribution in [2.24, 2.45) is 0 Å². The molecule has 0 aliphatic rings. The number of aromatic nitrogens is 1. The van der Waals surface area contributed by atoms with Gasteiger partial charge in [-0.2, -0.15) is 5.26 Å². The Bertz CT molecular complexity index is 1280. The Morgan fingerprint density at radius 1 is 1.00 bits per heavy atom. The number of hydrogen-bond acceptors (Lipinski definition) is 4.